The Kier molecular flexibility index (Phi) is 3.59. The Balaban J connectivity index is 2.24. The molecule has 0 bridgehead atoms. The van der Waals surface area contributed by atoms with Crippen LogP contribution in [0.2, 0.25) is 0 Å². The minimum atomic E-state index is -3.23. The van der Waals surface area contributed by atoms with Gasteiger partial charge in [-0.3, -0.25) is 0 Å². The molecular weight excluding hydrogens is 268 g/mol. The molecule has 1 aromatic carbocycles. The summed E-state index contributed by atoms with van der Waals surface area (Å²) in [5, 5.41) is 9.64. The van der Waals surface area contributed by atoms with Crippen LogP contribution in [0.3, 0.4) is 0 Å². The maximum Gasteiger partial charge on any atom is 0.352 e. The Morgan fingerprint density at radius 2 is 2.11 bits per heavy atom. The first-order chi connectivity index (χ1) is 8.91. The second kappa shape index (κ2) is 5.02. The zero-order valence-electron chi connectivity index (χ0n) is 10.3. The minimum Gasteiger partial charge on any atom is -0.477 e. The van der Waals surface area contributed by atoms with Crippen LogP contribution in [0.1, 0.15) is 16.1 Å². The minimum absolute atomic E-state index is 0.00518. The highest BCUT2D eigenvalue weighted by atomic mass is 32.2. The number of aromatic nitrogens is 1. The molecule has 102 valence electrons. The van der Waals surface area contributed by atoms with Crippen LogP contribution in [0.25, 0.3) is 10.9 Å². The molecule has 0 amide bonds. The van der Waals surface area contributed by atoms with Crippen molar-refractivity contribution >= 4 is 26.9 Å². The first kappa shape index (κ1) is 13.6. The van der Waals surface area contributed by atoms with Gasteiger partial charge in [-0.05, 0) is 37.2 Å². The van der Waals surface area contributed by atoms with Crippen LogP contribution in [-0.4, -0.2) is 37.3 Å². The SMILES string of the molecule is CNS(=O)(=O)CCc1ccc2[nH]c(C(=O)O)cc2c1. The molecule has 19 heavy (non-hydrogen) atoms. The summed E-state index contributed by atoms with van der Waals surface area (Å²) in [7, 11) is -1.85. The van der Waals surface area contributed by atoms with Gasteiger partial charge in [0.25, 0.3) is 0 Å². The molecule has 0 aliphatic carbocycles. The molecule has 0 spiro atoms. The van der Waals surface area contributed by atoms with Crippen LogP contribution < -0.4 is 4.72 Å². The van der Waals surface area contributed by atoms with Crippen molar-refractivity contribution in [1.29, 1.82) is 0 Å². The average Bonchev–Trinajstić information content (AvgIpc) is 2.79. The fourth-order valence-corrected chi connectivity index (χ4v) is 2.52. The smallest absolute Gasteiger partial charge is 0.352 e. The van der Waals surface area contributed by atoms with Gasteiger partial charge >= 0.3 is 5.97 Å². The van der Waals surface area contributed by atoms with Crippen molar-refractivity contribution in [3.05, 3.63) is 35.5 Å². The molecule has 0 saturated heterocycles. The predicted molar refractivity (Wildman–Crippen MR) is 71.8 cm³/mol. The summed E-state index contributed by atoms with van der Waals surface area (Å²) in [4.78, 5) is 13.6. The number of nitrogens with one attached hydrogen (secondary N) is 2. The normalized spacial score (nSPS) is 11.8. The summed E-state index contributed by atoms with van der Waals surface area (Å²) >= 11 is 0. The molecule has 1 aromatic heterocycles. The molecular formula is C12H14N2O4S. The van der Waals surface area contributed by atoms with E-state index >= 15 is 0 Å². The van der Waals surface area contributed by atoms with E-state index in [1.807, 2.05) is 0 Å². The number of H-pyrrole nitrogens is 1. The molecule has 6 nitrogen and oxygen atoms in total. The van der Waals surface area contributed by atoms with Crippen LogP contribution in [0.5, 0.6) is 0 Å². The Bertz CT molecular complexity index is 718. The summed E-state index contributed by atoms with van der Waals surface area (Å²) in [6.45, 7) is 0. The number of sulfonamides is 1. The topological polar surface area (TPSA) is 99.3 Å². The summed E-state index contributed by atoms with van der Waals surface area (Å²) in [6, 6.07) is 6.87. The van der Waals surface area contributed by atoms with Crippen molar-refractivity contribution < 1.29 is 18.3 Å². The van der Waals surface area contributed by atoms with Crippen LogP contribution >= 0.6 is 0 Å². The Hall–Kier alpha value is -1.86. The van der Waals surface area contributed by atoms with Gasteiger partial charge < -0.3 is 10.1 Å². The number of carboxylic acids is 1. The predicted octanol–water partition coefficient (Wildman–Crippen LogP) is 0.958. The molecule has 0 atom stereocenters. The van der Waals surface area contributed by atoms with E-state index in [2.05, 4.69) is 9.71 Å². The second-order valence-electron chi connectivity index (χ2n) is 4.18. The van der Waals surface area contributed by atoms with Crippen LogP contribution in [0.15, 0.2) is 24.3 Å². The zero-order valence-corrected chi connectivity index (χ0v) is 11.1. The lowest BCUT2D eigenvalue weighted by Crippen LogP contribution is -2.23. The highest BCUT2D eigenvalue weighted by Gasteiger charge is 2.10. The number of hydrogen-bond donors (Lipinski definition) is 3. The number of rotatable bonds is 5. The third kappa shape index (κ3) is 3.12. The van der Waals surface area contributed by atoms with Gasteiger partial charge in [0.15, 0.2) is 0 Å². The van der Waals surface area contributed by atoms with Crippen molar-refractivity contribution in [2.24, 2.45) is 0 Å². The van der Waals surface area contributed by atoms with Crippen molar-refractivity contribution in [3.63, 3.8) is 0 Å². The summed E-state index contributed by atoms with van der Waals surface area (Å²) in [5.41, 5.74) is 1.69. The summed E-state index contributed by atoms with van der Waals surface area (Å²) in [6.07, 6.45) is 0.382. The lowest BCUT2D eigenvalue weighted by molar-refractivity contribution is 0.0691. The molecule has 0 unspecified atom stereocenters. The first-order valence-electron chi connectivity index (χ1n) is 5.67. The van der Waals surface area contributed by atoms with Gasteiger partial charge in [-0.1, -0.05) is 6.07 Å². The Morgan fingerprint density at radius 3 is 2.74 bits per heavy atom. The molecule has 0 aliphatic heterocycles. The molecule has 2 rings (SSSR count). The number of carbonyl (C=O) groups is 1. The molecule has 0 fully saturated rings. The van der Waals surface area contributed by atoms with E-state index in [1.165, 1.54) is 13.1 Å². The fourth-order valence-electron chi connectivity index (χ4n) is 1.81. The third-order valence-electron chi connectivity index (χ3n) is 2.89. The van der Waals surface area contributed by atoms with Gasteiger partial charge in [0, 0.05) is 10.9 Å². The van der Waals surface area contributed by atoms with Crippen LogP contribution in [0, 0.1) is 0 Å². The van der Waals surface area contributed by atoms with Gasteiger partial charge in [0.2, 0.25) is 10.0 Å². The molecule has 7 heteroatoms. The quantitative estimate of drug-likeness (QED) is 0.760. The van der Waals surface area contributed by atoms with Crippen molar-refractivity contribution in [1.82, 2.24) is 9.71 Å². The monoisotopic (exact) mass is 282 g/mol. The van der Waals surface area contributed by atoms with Crippen molar-refractivity contribution in [2.75, 3.05) is 12.8 Å². The van der Waals surface area contributed by atoms with Gasteiger partial charge in [0.1, 0.15) is 5.69 Å². The van der Waals surface area contributed by atoms with Crippen LogP contribution in [-0.2, 0) is 16.4 Å². The van der Waals surface area contributed by atoms with Crippen molar-refractivity contribution in [2.45, 2.75) is 6.42 Å². The average molecular weight is 282 g/mol. The third-order valence-corrected chi connectivity index (χ3v) is 4.25. The molecule has 3 N–H and O–H groups in total. The number of aromatic amines is 1. The maximum atomic E-state index is 11.3. The molecule has 0 saturated carbocycles. The van der Waals surface area contributed by atoms with E-state index in [0.29, 0.717) is 6.42 Å². The standard InChI is InChI=1S/C12H14N2O4S/c1-13-19(17,18)5-4-8-2-3-10-9(6-8)7-11(14-10)12(15)16/h2-3,6-7,13-14H,4-5H2,1H3,(H,15,16). The first-order valence-corrected chi connectivity index (χ1v) is 7.33. The van der Waals surface area contributed by atoms with E-state index in [-0.39, 0.29) is 11.4 Å². The Labute approximate surface area is 110 Å². The largest absolute Gasteiger partial charge is 0.477 e. The highest BCUT2D eigenvalue weighted by Crippen LogP contribution is 2.18. The lowest BCUT2D eigenvalue weighted by atomic mass is 10.1. The molecule has 2 aromatic rings. The number of aryl methyl sites for hydroxylation is 1. The van der Waals surface area contributed by atoms with E-state index in [0.717, 1.165) is 16.5 Å². The maximum absolute atomic E-state index is 11.3. The fraction of sp³-hybridized carbons (Fsp3) is 0.250. The Morgan fingerprint density at radius 1 is 1.37 bits per heavy atom. The van der Waals surface area contributed by atoms with Gasteiger partial charge in [-0.15, -0.1) is 0 Å². The summed E-state index contributed by atoms with van der Waals surface area (Å²) < 4.78 is 24.9. The number of hydrogen-bond acceptors (Lipinski definition) is 3. The number of carboxylic acid groups (broad SMARTS) is 1. The lowest BCUT2D eigenvalue weighted by Gasteiger charge is -2.02. The summed E-state index contributed by atoms with van der Waals surface area (Å²) in [5.74, 6) is -1.01. The van der Waals surface area contributed by atoms with Gasteiger partial charge in [-0.25, -0.2) is 17.9 Å². The van der Waals surface area contributed by atoms with Crippen molar-refractivity contribution in [3.8, 4) is 0 Å². The van der Waals surface area contributed by atoms with Gasteiger partial charge in [0.05, 0.1) is 5.75 Å². The van der Waals surface area contributed by atoms with E-state index < -0.39 is 16.0 Å². The molecule has 0 aliphatic rings. The van der Waals surface area contributed by atoms with E-state index in [1.54, 1.807) is 18.2 Å². The zero-order chi connectivity index (χ0) is 14.0. The highest BCUT2D eigenvalue weighted by molar-refractivity contribution is 7.89. The van der Waals surface area contributed by atoms with Crippen LogP contribution in [0.4, 0.5) is 0 Å². The van der Waals surface area contributed by atoms with E-state index in [4.69, 9.17) is 5.11 Å². The molecule has 0 radical (unpaired) electrons. The number of benzene rings is 1. The number of fused-ring (bicyclic) bond motifs is 1. The molecule has 1 heterocycles. The van der Waals surface area contributed by atoms with E-state index in [9.17, 15) is 13.2 Å². The van der Waals surface area contributed by atoms with Gasteiger partial charge in [-0.2, -0.15) is 0 Å². The second-order valence-corrected chi connectivity index (χ2v) is 6.23. The number of aromatic carboxylic acids is 1.